The van der Waals surface area contributed by atoms with Gasteiger partial charge in [-0.3, -0.25) is 4.84 Å². The largest absolute Gasteiger partial charge is 0.298 e. The Bertz CT molecular complexity index is 250. The van der Waals surface area contributed by atoms with Gasteiger partial charge < -0.3 is 0 Å². The Morgan fingerprint density at radius 1 is 1.58 bits per heavy atom. The van der Waals surface area contributed by atoms with Crippen LogP contribution in [0.1, 0.15) is 26.5 Å². The second-order valence-electron chi connectivity index (χ2n) is 3.64. The van der Waals surface area contributed by atoms with Crippen molar-refractivity contribution in [2.45, 2.75) is 32.9 Å². The van der Waals surface area contributed by atoms with Crippen LogP contribution in [0, 0.1) is 0 Å². The molecule has 0 aliphatic carbocycles. The second-order valence-corrected chi connectivity index (χ2v) is 3.64. The van der Waals surface area contributed by atoms with Crippen LogP contribution in [0.5, 0.6) is 0 Å². The highest BCUT2D eigenvalue weighted by atomic mass is 16.6. The van der Waals surface area contributed by atoms with Crippen LogP contribution < -0.4 is 5.90 Å². The Labute approximate surface area is 71.5 Å². The van der Waals surface area contributed by atoms with Gasteiger partial charge in [-0.15, -0.1) is 5.10 Å². The molecule has 0 bridgehead atoms. The number of hydrogen-bond acceptors (Lipinski definition) is 4. The lowest BCUT2D eigenvalue weighted by atomic mass is 10.1. The summed E-state index contributed by atoms with van der Waals surface area (Å²) in [5.41, 5.74) is 0.701. The fourth-order valence-electron chi connectivity index (χ4n) is 0.778. The molecule has 5 heteroatoms. The van der Waals surface area contributed by atoms with E-state index in [4.69, 9.17) is 5.90 Å². The molecule has 0 saturated carbocycles. The first-order valence-corrected chi connectivity index (χ1v) is 3.77. The predicted molar refractivity (Wildman–Crippen MR) is 44.0 cm³/mol. The Kier molecular flexibility index (Phi) is 2.44. The van der Waals surface area contributed by atoms with E-state index >= 15 is 0 Å². The van der Waals surface area contributed by atoms with E-state index in [0.717, 1.165) is 5.69 Å². The normalized spacial score (nSPS) is 12.0. The zero-order valence-corrected chi connectivity index (χ0v) is 7.61. The van der Waals surface area contributed by atoms with E-state index in [-0.39, 0.29) is 5.54 Å². The van der Waals surface area contributed by atoms with E-state index in [1.807, 2.05) is 6.20 Å². The van der Waals surface area contributed by atoms with Crippen LogP contribution in [0.15, 0.2) is 6.20 Å². The third-order valence-electron chi connectivity index (χ3n) is 1.46. The second kappa shape index (κ2) is 3.20. The lowest BCUT2D eigenvalue weighted by Crippen LogP contribution is -2.22. The van der Waals surface area contributed by atoms with Crippen LogP contribution in [-0.4, -0.2) is 15.0 Å². The zero-order valence-electron chi connectivity index (χ0n) is 7.61. The zero-order chi connectivity index (χ0) is 9.19. The summed E-state index contributed by atoms with van der Waals surface area (Å²) in [6, 6.07) is 0. The number of nitrogens with zero attached hydrogens (tertiary/aromatic N) is 3. The summed E-state index contributed by atoms with van der Waals surface area (Å²) in [6.45, 7) is 6.45. The molecule has 0 aliphatic rings. The molecule has 1 rings (SSSR count). The highest BCUT2D eigenvalue weighted by Crippen LogP contribution is 2.11. The minimum atomic E-state index is -0.0418. The summed E-state index contributed by atoms with van der Waals surface area (Å²) >= 11 is 0. The Morgan fingerprint density at radius 3 is 2.67 bits per heavy atom. The first-order valence-electron chi connectivity index (χ1n) is 3.77. The molecule has 0 saturated heterocycles. The molecule has 0 aromatic carbocycles. The minimum absolute atomic E-state index is 0.0418. The van der Waals surface area contributed by atoms with Gasteiger partial charge in [-0.05, 0) is 20.8 Å². The van der Waals surface area contributed by atoms with Gasteiger partial charge in [0.1, 0.15) is 12.3 Å². The van der Waals surface area contributed by atoms with Gasteiger partial charge in [0.05, 0.1) is 11.7 Å². The van der Waals surface area contributed by atoms with Crippen LogP contribution in [0.3, 0.4) is 0 Å². The Balaban J connectivity index is 2.77. The van der Waals surface area contributed by atoms with Crippen molar-refractivity contribution in [3.05, 3.63) is 11.9 Å². The van der Waals surface area contributed by atoms with Crippen LogP contribution in [-0.2, 0) is 17.0 Å². The van der Waals surface area contributed by atoms with Crippen LogP contribution in [0.25, 0.3) is 0 Å². The average Bonchev–Trinajstić information content (AvgIpc) is 2.35. The van der Waals surface area contributed by atoms with Crippen molar-refractivity contribution in [3.63, 3.8) is 0 Å². The lowest BCUT2D eigenvalue weighted by molar-refractivity contribution is 0.121. The molecule has 12 heavy (non-hydrogen) atoms. The molecule has 68 valence electrons. The molecule has 2 N–H and O–H groups in total. The molecule has 5 nitrogen and oxygen atoms in total. The quantitative estimate of drug-likeness (QED) is 0.653. The van der Waals surface area contributed by atoms with Crippen molar-refractivity contribution >= 4 is 0 Å². The van der Waals surface area contributed by atoms with Gasteiger partial charge >= 0.3 is 0 Å². The molecular weight excluding hydrogens is 156 g/mol. The summed E-state index contributed by atoms with van der Waals surface area (Å²) in [6.07, 6.45) is 1.83. The van der Waals surface area contributed by atoms with Crippen LogP contribution >= 0.6 is 0 Å². The van der Waals surface area contributed by atoms with E-state index in [1.165, 1.54) is 0 Å². The lowest BCUT2D eigenvalue weighted by Gasteiger charge is -2.17. The van der Waals surface area contributed by atoms with E-state index in [9.17, 15) is 0 Å². The first kappa shape index (κ1) is 9.15. The summed E-state index contributed by atoms with van der Waals surface area (Å²) in [5, 5.41) is 7.82. The van der Waals surface area contributed by atoms with Gasteiger partial charge in [0.2, 0.25) is 0 Å². The Hall–Kier alpha value is -0.940. The molecular formula is C7H14N4O. The summed E-state index contributed by atoms with van der Waals surface area (Å²) in [4.78, 5) is 4.44. The molecule has 0 atom stereocenters. The van der Waals surface area contributed by atoms with Gasteiger partial charge in [0, 0.05) is 0 Å². The van der Waals surface area contributed by atoms with Crippen molar-refractivity contribution in [2.75, 3.05) is 0 Å². The van der Waals surface area contributed by atoms with E-state index in [2.05, 4.69) is 35.9 Å². The molecule has 0 amide bonds. The third kappa shape index (κ3) is 2.02. The number of aromatic nitrogens is 3. The van der Waals surface area contributed by atoms with E-state index in [0.29, 0.717) is 6.61 Å². The van der Waals surface area contributed by atoms with Gasteiger partial charge in [-0.25, -0.2) is 10.6 Å². The first-order chi connectivity index (χ1) is 5.54. The molecule has 0 aliphatic heterocycles. The van der Waals surface area contributed by atoms with Crippen molar-refractivity contribution in [1.29, 1.82) is 0 Å². The van der Waals surface area contributed by atoms with Gasteiger partial charge in [-0.2, -0.15) is 0 Å². The van der Waals surface area contributed by atoms with Crippen molar-refractivity contribution in [1.82, 2.24) is 15.0 Å². The summed E-state index contributed by atoms with van der Waals surface area (Å²) < 4.78 is 1.78. The fraction of sp³-hybridized carbons (Fsp3) is 0.714. The fourth-order valence-corrected chi connectivity index (χ4v) is 0.778. The SMILES string of the molecule is CC(C)(C)n1cc(CON)nn1. The molecule has 0 unspecified atom stereocenters. The Morgan fingerprint density at radius 2 is 2.25 bits per heavy atom. The smallest absolute Gasteiger partial charge is 0.113 e. The van der Waals surface area contributed by atoms with Crippen LogP contribution in [0.4, 0.5) is 0 Å². The van der Waals surface area contributed by atoms with E-state index < -0.39 is 0 Å². The molecule has 0 spiro atoms. The molecule has 1 aromatic rings. The van der Waals surface area contributed by atoms with Crippen molar-refractivity contribution in [3.8, 4) is 0 Å². The number of nitrogens with two attached hydrogens (primary N) is 1. The van der Waals surface area contributed by atoms with Gasteiger partial charge in [0.25, 0.3) is 0 Å². The maximum atomic E-state index is 4.90. The molecule has 1 aromatic heterocycles. The minimum Gasteiger partial charge on any atom is -0.298 e. The van der Waals surface area contributed by atoms with Gasteiger partial charge in [0.15, 0.2) is 0 Å². The monoisotopic (exact) mass is 170 g/mol. The van der Waals surface area contributed by atoms with Crippen LogP contribution in [0.2, 0.25) is 0 Å². The summed E-state index contributed by atoms with van der Waals surface area (Å²) in [5.74, 6) is 4.90. The van der Waals surface area contributed by atoms with Gasteiger partial charge in [-0.1, -0.05) is 5.21 Å². The standard InChI is InChI=1S/C7H14N4O/c1-7(2,3)11-4-6(5-12-8)9-10-11/h4H,5,8H2,1-3H3. The highest BCUT2D eigenvalue weighted by Gasteiger charge is 2.14. The molecule has 1 heterocycles. The van der Waals surface area contributed by atoms with E-state index in [1.54, 1.807) is 4.68 Å². The maximum absolute atomic E-state index is 4.90. The highest BCUT2D eigenvalue weighted by molar-refractivity contribution is 4.92. The predicted octanol–water partition coefficient (Wildman–Crippen LogP) is 0.423. The van der Waals surface area contributed by atoms with Crippen molar-refractivity contribution in [2.24, 2.45) is 5.90 Å². The number of rotatable bonds is 2. The summed E-state index contributed by atoms with van der Waals surface area (Å²) in [7, 11) is 0. The molecule has 0 fully saturated rings. The maximum Gasteiger partial charge on any atom is 0.113 e. The third-order valence-corrected chi connectivity index (χ3v) is 1.46. The average molecular weight is 170 g/mol. The molecule has 0 radical (unpaired) electrons. The topological polar surface area (TPSA) is 66.0 Å². The number of hydrogen-bond donors (Lipinski definition) is 1. The van der Waals surface area contributed by atoms with Crippen molar-refractivity contribution < 1.29 is 4.84 Å².